The number of hydrogen-bond acceptors (Lipinski definition) is 3. The van der Waals surface area contributed by atoms with Crippen molar-refractivity contribution in [1.82, 2.24) is 0 Å². The van der Waals surface area contributed by atoms with E-state index in [4.69, 9.17) is 5.11 Å². The van der Waals surface area contributed by atoms with Crippen molar-refractivity contribution in [3.8, 4) is 0 Å². The molecule has 1 N–H and O–H groups in total. The first-order valence-electron chi connectivity index (χ1n) is 2.59. The molecule has 0 fully saturated rings. The zero-order valence-corrected chi connectivity index (χ0v) is 5.39. The molecule has 0 heterocycles. The van der Waals surface area contributed by atoms with Crippen molar-refractivity contribution in [2.24, 2.45) is 0 Å². The van der Waals surface area contributed by atoms with Crippen molar-refractivity contribution >= 4 is 5.97 Å². The Morgan fingerprint density at radius 2 is 2.33 bits per heavy atom. The molecule has 0 amide bonds. The van der Waals surface area contributed by atoms with Crippen molar-refractivity contribution in [3.63, 3.8) is 0 Å². The summed E-state index contributed by atoms with van der Waals surface area (Å²) in [5, 5.41) is 8.31. The van der Waals surface area contributed by atoms with E-state index in [0.717, 1.165) is 0 Å². The monoisotopic (exact) mass is 130 g/mol. The third-order valence-electron chi connectivity index (χ3n) is 0.888. The van der Waals surface area contributed by atoms with Crippen molar-refractivity contribution in [2.75, 3.05) is 13.7 Å². The Bertz CT molecular complexity index is 117. The van der Waals surface area contributed by atoms with Crippen molar-refractivity contribution in [1.29, 1.82) is 0 Å². The van der Waals surface area contributed by atoms with Gasteiger partial charge in [0, 0.05) is 18.6 Å². The molecule has 0 rings (SSSR count). The number of esters is 1. The van der Waals surface area contributed by atoms with E-state index in [0.29, 0.717) is 5.57 Å². The molecule has 0 unspecified atom stereocenters. The largest absolute Gasteiger partial charge is 0.466 e. The molecule has 9 heavy (non-hydrogen) atoms. The van der Waals surface area contributed by atoms with Gasteiger partial charge in [0.15, 0.2) is 0 Å². The van der Waals surface area contributed by atoms with Gasteiger partial charge in [-0.1, -0.05) is 6.58 Å². The SMILES string of the molecule is C=C(CCO)C(=O)OC. The van der Waals surface area contributed by atoms with Gasteiger partial charge in [-0.05, 0) is 0 Å². The summed E-state index contributed by atoms with van der Waals surface area (Å²) in [5.41, 5.74) is 0.306. The molecule has 3 heteroatoms. The summed E-state index contributed by atoms with van der Waals surface area (Å²) in [6, 6.07) is 0. The predicted molar refractivity (Wildman–Crippen MR) is 32.9 cm³/mol. The molecule has 0 aliphatic heterocycles. The third kappa shape index (κ3) is 2.87. The molecule has 52 valence electrons. The van der Waals surface area contributed by atoms with Crippen molar-refractivity contribution < 1.29 is 14.6 Å². The number of carbonyl (C=O) groups is 1. The maximum Gasteiger partial charge on any atom is 0.333 e. The molecule has 0 saturated carbocycles. The molecule has 0 aromatic heterocycles. The van der Waals surface area contributed by atoms with Crippen LogP contribution in [0.1, 0.15) is 6.42 Å². The number of aliphatic hydroxyl groups excluding tert-OH is 1. The number of rotatable bonds is 3. The fraction of sp³-hybridized carbons (Fsp3) is 0.500. The molecular formula is C6H10O3. The van der Waals surface area contributed by atoms with E-state index in [1.807, 2.05) is 0 Å². The van der Waals surface area contributed by atoms with Crippen molar-refractivity contribution in [2.45, 2.75) is 6.42 Å². The first-order chi connectivity index (χ1) is 4.22. The summed E-state index contributed by atoms with van der Waals surface area (Å²) in [6.45, 7) is 3.32. The number of ether oxygens (including phenoxy) is 1. The molecule has 0 atom stereocenters. The van der Waals surface area contributed by atoms with E-state index in [-0.39, 0.29) is 13.0 Å². The lowest BCUT2D eigenvalue weighted by Gasteiger charge is -1.98. The van der Waals surface area contributed by atoms with Gasteiger partial charge in [0.2, 0.25) is 0 Å². The van der Waals surface area contributed by atoms with Gasteiger partial charge >= 0.3 is 5.97 Å². The minimum Gasteiger partial charge on any atom is -0.466 e. The van der Waals surface area contributed by atoms with Crippen LogP contribution in [0.25, 0.3) is 0 Å². The number of aliphatic hydroxyl groups is 1. The lowest BCUT2D eigenvalue weighted by atomic mass is 10.2. The normalized spacial score (nSPS) is 8.67. The van der Waals surface area contributed by atoms with Gasteiger partial charge in [0.25, 0.3) is 0 Å². The quantitative estimate of drug-likeness (QED) is 0.435. The lowest BCUT2D eigenvalue weighted by molar-refractivity contribution is -0.136. The molecule has 0 aliphatic rings. The molecule has 0 radical (unpaired) electrons. The molecule has 0 spiro atoms. The van der Waals surface area contributed by atoms with Crippen LogP contribution in [-0.4, -0.2) is 24.8 Å². The van der Waals surface area contributed by atoms with Gasteiger partial charge < -0.3 is 9.84 Å². The molecular weight excluding hydrogens is 120 g/mol. The van der Waals surface area contributed by atoms with Crippen LogP contribution in [0.5, 0.6) is 0 Å². The molecule has 0 bridgehead atoms. The minimum absolute atomic E-state index is 0.0616. The van der Waals surface area contributed by atoms with Crippen LogP contribution in [-0.2, 0) is 9.53 Å². The summed E-state index contributed by atoms with van der Waals surface area (Å²) in [6.07, 6.45) is 0.284. The average Bonchev–Trinajstić information content (AvgIpc) is 1.87. The maximum absolute atomic E-state index is 10.5. The van der Waals surface area contributed by atoms with Crippen LogP contribution in [0.15, 0.2) is 12.2 Å². The van der Waals surface area contributed by atoms with E-state index in [1.165, 1.54) is 7.11 Å². The van der Waals surface area contributed by atoms with Crippen LogP contribution in [0.2, 0.25) is 0 Å². The van der Waals surface area contributed by atoms with E-state index < -0.39 is 5.97 Å². The molecule has 0 aliphatic carbocycles. The summed E-state index contributed by atoms with van der Waals surface area (Å²) in [4.78, 5) is 10.5. The Hall–Kier alpha value is -0.830. The standard InChI is InChI=1S/C6H10O3/c1-5(3-4-7)6(8)9-2/h7H,1,3-4H2,2H3. The van der Waals surface area contributed by atoms with Gasteiger partial charge in [-0.3, -0.25) is 0 Å². The fourth-order valence-electron chi connectivity index (χ4n) is 0.381. The van der Waals surface area contributed by atoms with Gasteiger partial charge in [-0.15, -0.1) is 0 Å². The van der Waals surface area contributed by atoms with E-state index >= 15 is 0 Å². The Morgan fingerprint density at radius 1 is 1.78 bits per heavy atom. The zero-order chi connectivity index (χ0) is 7.28. The van der Waals surface area contributed by atoms with Crippen molar-refractivity contribution in [3.05, 3.63) is 12.2 Å². The number of carbonyl (C=O) groups excluding carboxylic acids is 1. The lowest BCUT2D eigenvalue weighted by Crippen LogP contribution is -2.04. The number of methoxy groups -OCH3 is 1. The molecule has 0 aromatic rings. The summed E-state index contributed by atoms with van der Waals surface area (Å²) in [5.74, 6) is -0.455. The van der Waals surface area contributed by atoms with E-state index in [2.05, 4.69) is 11.3 Å². The topological polar surface area (TPSA) is 46.5 Å². The highest BCUT2D eigenvalue weighted by atomic mass is 16.5. The first kappa shape index (κ1) is 8.17. The summed E-state index contributed by atoms with van der Waals surface area (Å²) < 4.78 is 4.31. The fourth-order valence-corrected chi connectivity index (χ4v) is 0.381. The Kier molecular flexibility index (Phi) is 3.71. The highest BCUT2D eigenvalue weighted by Gasteiger charge is 2.03. The highest BCUT2D eigenvalue weighted by molar-refractivity contribution is 5.87. The second kappa shape index (κ2) is 4.09. The van der Waals surface area contributed by atoms with Crippen LogP contribution < -0.4 is 0 Å². The zero-order valence-electron chi connectivity index (χ0n) is 5.39. The minimum atomic E-state index is -0.455. The molecule has 0 aromatic carbocycles. The Morgan fingerprint density at radius 3 is 2.67 bits per heavy atom. The van der Waals surface area contributed by atoms with Gasteiger partial charge in [0.05, 0.1) is 7.11 Å². The van der Waals surface area contributed by atoms with Gasteiger partial charge in [-0.2, -0.15) is 0 Å². The number of hydrogen-bond donors (Lipinski definition) is 1. The molecule has 0 saturated heterocycles. The second-order valence-electron chi connectivity index (χ2n) is 1.57. The Balaban J connectivity index is 3.60. The maximum atomic E-state index is 10.5. The highest BCUT2D eigenvalue weighted by Crippen LogP contribution is 1.97. The predicted octanol–water partition coefficient (Wildman–Crippen LogP) is 0.0980. The van der Waals surface area contributed by atoms with Gasteiger partial charge in [0.1, 0.15) is 0 Å². The smallest absolute Gasteiger partial charge is 0.333 e. The summed E-state index contributed by atoms with van der Waals surface area (Å²) in [7, 11) is 1.28. The summed E-state index contributed by atoms with van der Waals surface area (Å²) >= 11 is 0. The van der Waals surface area contributed by atoms with Crippen LogP contribution >= 0.6 is 0 Å². The van der Waals surface area contributed by atoms with Crippen LogP contribution in [0, 0.1) is 0 Å². The van der Waals surface area contributed by atoms with Gasteiger partial charge in [-0.25, -0.2) is 4.79 Å². The molecule has 3 nitrogen and oxygen atoms in total. The first-order valence-corrected chi connectivity index (χ1v) is 2.59. The van der Waals surface area contributed by atoms with Crippen LogP contribution in [0.4, 0.5) is 0 Å². The third-order valence-corrected chi connectivity index (χ3v) is 0.888. The van der Waals surface area contributed by atoms with E-state index in [9.17, 15) is 4.79 Å². The Labute approximate surface area is 53.9 Å². The average molecular weight is 130 g/mol. The van der Waals surface area contributed by atoms with Crippen LogP contribution in [0.3, 0.4) is 0 Å². The second-order valence-corrected chi connectivity index (χ2v) is 1.57. The van der Waals surface area contributed by atoms with E-state index in [1.54, 1.807) is 0 Å².